The van der Waals surface area contributed by atoms with E-state index in [1.165, 1.54) is 0 Å². The van der Waals surface area contributed by atoms with E-state index in [1.807, 2.05) is 19.9 Å². The molecule has 0 aromatic heterocycles. The summed E-state index contributed by atoms with van der Waals surface area (Å²) in [5.74, 6) is -0.992. The molecule has 0 spiro atoms. The Morgan fingerprint density at radius 1 is 1.67 bits per heavy atom. The molecular weight excluding hydrogens is 194 g/mol. The Morgan fingerprint density at radius 3 is 2.73 bits per heavy atom. The fourth-order valence-corrected chi connectivity index (χ4v) is 1.51. The van der Waals surface area contributed by atoms with Crippen LogP contribution in [0.3, 0.4) is 0 Å². The Hall–Kier alpha value is -1.57. The third kappa shape index (κ3) is 2.94. The molecule has 2 atom stereocenters. The van der Waals surface area contributed by atoms with Crippen LogP contribution in [0, 0.1) is 23.2 Å². The Kier molecular flexibility index (Phi) is 3.67. The van der Waals surface area contributed by atoms with Gasteiger partial charge in [-0.15, -0.1) is 0 Å². The number of nitriles is 1. The highest BCUT2D eigenvalue weighted by atomic mass is 16.2. The molecule has 0 aromatic rings. The minimum absolute atomic E-state index is 0.0138. The number of carbonyl (C=O) groups excluding carboxylic acids is 2. The number of nitrogens with one attached hydrogen (secondary N) is 2. The summed E-state index contributed by atoms with van der Waals surface area (Å²) in [6.45, 7) is 4.11. The first-order valence-corrected chi connectivity index (χ1v) is 5.01. The van der Waals surface area contributed by atoms with Gasteiger partial charge < -0.3 is 10.6 Å². The standard InChI is InChI=1S/C10H15N3O2/c1-6(2)8(4-11)10(15)13-7-3-9(14)12-5-7/h6-8H,3,5H2,1-2H3,(H,12,14)(H,13,15). The van der Waals surface area contributed by atoms with Crippen LogP contribution in [-0.2, 0) is 9.59 Å². The maximum Gasteiger partial charge on any atom is 0.237 e. The number of amides is 2. The van der Waals surface area contributed by atoms with Gasteiger partial charge in [0.05, 0.1) is 12.1 Å². The monoisotopic (exact) mass is 209 g/mol. The number of hydrogen-bond donors (Lipinski definition) is 2. The molecule has 82 valence electrons. The first-order chi connectivity index (χ1) is 7.04. The summed E-state index contributed by atoms with van der Waals surface area (Å²) in [5, 5.41) is 14.1. The number of hydrogen-bond acceptors (Lipinski definition) is 3. The van der Waals surface area contributed by atoms with Crippen molar-refractivity contribution >= 4 is 11.8 Å². The van der Waals surface area contributed by atoms with Crippen LogP contribution in [0.25, 0.3) is 0 Å². The van der Waals surface area contributed by atoms with Crippen molar-refractivity contribution < 1.29 is 9.59 Å². The zero-order valence-electron chi connectivity index (χ0n) is 8.91. The van der Waals surface area contributed by atoms with Crippen molar-refractivity contribution in [2.45, 2.75) is 26.3 Å². The van der Waals surface area contributed by atoms with Gasteiger partial charge >= 0.3 is 0 Å². The minimum atomic E-state index is -0.638. The van der Waals surface area contributed by atoms with E-state index in [-0.39, 0.29) is 23.8 Å². The van der Waals surface area contributed by atoms with Gasteiger partial charge in [-0.05, 0) is 5.92 Å². The molecule has 0 radical (unpaired) electrons. The largest absolute Gasteiger partial charge is 0.354 e. The average molecular weight is 209 g/mol. The first kappa shape index (κ1) is 11.5. The van der Waals surface area contributed by atoms with Crippen molar-refractivity contribution in [1.82, 2.24) is 10.6 Å². The van der Waals surface area contributed by atoms with Crippen LogP contribution in [0.15, 0.2) is 0 Å². The molecule has 15 heavy (non-hydrogen) atoms. The predicted octanol–water partition coefficient (Wildman–Crippen LogP) is -0.213. The highest BCUT2D eigenvalue weighted by Crippen LogP contribution is 2.10. The third-order valence-electron chi connectivity index (χ3n) is 2.41. The van der Waals surface area contributed by atoms with E-state index in [0.29, 0.717) is 13.0 Å². The topological polar surface area (TPSA) is 82.0 Å². The highest BCUT2D eigenvalue weighted by Gasteiger charge is 2.27. The molecule has 0 bridgehead atoms. The van der Waals surface area contributed by atoms with Crippen molar-refractivity contribution in [1.29, 1.82) is 5.26 Å². The maximum absolute atomic E-state index is 11.6. The summed E-state index contributed by atoms with van der Waals surface area (Å²) in [6, 6.07) is 1.80. The van der Waals surface area contributed by atoms with Crippen molar-refractivity contribution in [2.24, 2.45) is 11.8 Å². The number of nitrogens with zero attached hydrogens (tertiary/aromatic N) is 1. The summed E-state index contributed by atoms with van der Waals surface area (Å²) in [5.41, 5.74) is 0. The van der Waals surface area contributed by atoms with E-state index in [4.69, 9.17) is 5.26 Å². The molecule has 1 heterocycles. The van der Waals surface area contributed by atoms with Gasteiger partial charge in [-0.3, -0.25) is 9.59 Å². The van der Waals surface area contributed by atoms with Crippen LogP contribution in [-0.4, -0.2) is 24.4 Å². The van der Waals surface area contributed by atoms with Gasteiger partial charge in [-0.1, -0.05) is 13.8 Å². The molecule has 5 heteroatoms. The lowest BCUT2D eigenvalue weighted by Crippen LogP contribution is -2.41. The van der Waals surface area contributed by atoms with Gasteiger partial charge in [0.25, 0.3) is 0 Å². The Morgan fingerprint density at radius 2 is 2.33 bits per heavy atom. The summed E-state index contributed by atoms with van der Waals surface area (Å²) in [6.07, 6.45) is 0.308. The van der Waals surface area contributed by atoms with E-state index >= 15 is 0 Å². The normalized spacial score (nSPS) is 22.0. The Labute approximate surface area is 88.8 Å². The summed E-state index contributed by atoms with van der Waals surface area (Å²) < 4.78 is 0. The molecule has 1 rings (SSSR count). The molecule has 1 fully saturated rings. The van der Waals surface area contributed by atoms with Crippen molar-refractivity contribution in [3.63, 3.8) is 0 Å². The van der Waals surface area contributed by atoms with Crippen LogP contribution in [0.1, 0.15) is 20.3 Å². The minimum Gasteiger partial charge on any atom is -0.354 e. The Bertz CT molecular complexity index is 306. The van der Waals surface area contributed by atoms with E-state index < -0.39 is 5.92 Å². The second kappa shape index (κ2) is 4.78. The van der Waals surface area contributed by atoms with E-state index in [1.54, 1.807) is 0 Å². The zero-order valence-corrected chi connectivity index (χ0v) is 8.91. The van der Waals surface area contributed by atoms with Gasteiger partial charge in [0.1, 0.15) is 5.92 Å². The van der Waals surface area contributed by atoms with E-state index in [2.05, 4.69) is 10.6 Å². The zero-order chi connectivity index (χ0) is 11.4. The fourth-order valence-electron chi connectivity index (χ4n) is 1.51. The third-order valence-corrected chi connectivity index (χ3v) is 2.41. The average Bonchev–Trinajstić information content (AvgIpc) is 2.51. The molecule has 0 aromatic carbocycles. The number of carbonyl (C=O) groups is 2. The second-order valence-corrected chi connectivity index (χ2v) is 4.06. The van der Waals surface area contributed by atoms with Gasteiger partial charge in [0, 0.05) is 13.0 Å². The Balaban J connectivity index is 2.48. The second-order valence-electron chi connectivity index (χ2n) is 4.06. The van der Waals surface area contributed by atoms with Crippen molar-refractivity contribution in [2.75, 3.05) is 6.54 Å². The van der Waals surface area contributed by atoms with Gasteiger partial charge in [0.15, 0.2) is 0 Å². The van der Waals surface area contributed by atoms with Gasteiger partial charge in [-0.2, -0.15) is 5.26 Å². The van der Waals surface area contributed by atoms with Gasteiger partial charge in [-0.25, -0.2) is 0 Å². The summed E-state index contributed by atoms with van der Waals surface area (Å²) >= 11 is 0. The van der Waals surface area contributed by atoms with Crippen LogP contribution in [0.4, 0.5) is 0 Å². The van der Waals surface area contributed by atoms with E-state index in [0.717, 1.165) is 0 Å². The first-order valence-electron chi connectivity index (χ1n) is 5.01. The van der Waals surface area contributed by atoms with Crippen LogP contribution in [0.2, 0.25) is 0 Å². The molecule has 1 aliphatic heterocycles. The molecule has 2 amide bonds. The van der Waals surface area contributed by atoms with E-state index in [9.17, 15) is 9.59 Å². The molecule has 5 nitrogen and oxygen atoms in total. The molecule has 2 N–H and O–H groups in total. The fraction of sp³-hybridized carbons (Fsp3) is 0.700. The number of rotatable bonds is 3. The van der Waals surface area contributed by atoms with Crippen molar-refractivity contribution in [3.05, 3.63) is 0 Å². The SMILES string of the molecule is CC(C)C(C#N)C(=O)NC1CNC(=O)C1. The lowest BCUT2D eigenvalue weighted by Gasteiger charge is -2.16. The van der Waals surface area contributed by atoms with Crippen LogP contribution in [0.5, 0.6) is 0 Å². The lowest BCUT2D eigenvalue weighted by atomic mass is 9.96. The lowest BCUT2D eigenvalue weighted by molar-refractivity contribution is -0.125. The molecule has 1 saturated heterocycles. The van der Waals surface area contributed by atoms with Crippen LogP contribution >= 0.6 is 0 Å². The summed E-state index contributed by atoms with van der Waals surface area (Å²) in [4.78, 5) is 22.5. The van der Waals surface area contributed by atoms with Crippen LogP contribution < -0.4 is 10.6 Å². The summed E-state index contributed by atoms with van der Waals surface area (Å²) in [7, 11) is 0. The smallest absolute Gasteiger partial charge is 0.237 e. The van der Waals surface area contributed by atoms with Gasteiger partial charge in [0.2, 0.25) is 11.8 Å². The molecule has 0 saturated carbocycles. The highest BCUT2D eigenvalue weighted by molar-refractivity contribution is 5.84. The predicted molar refractivity (Wildman–Crippen MR) is 53.5 cm³/mol. The molecule has 2 unspecified atom stereocenters. The van der Waals surface area contributed by atoms with Crippen molar-refractivity contribution in [3.8, 4) is 6.07 Å². The molecule has 1 aliphatic rings. The molecule has 0 aliphatic carbocycles. The quantitative estimate of drug-likeness (QED) is 0.674. The molecular formula is C10H15N3O2. The maximum atomic E-state index is 11.6.